The van der Waals surface area contributed by atoms with Gasteiger partial charge in [0.2, 0.25) is 0 Å². The van der Waals surface area contributed by atoms with Crippen LogP contribution >= 0.6 is 0 Å². The van der Waals surface area contributed by atoms with Crippen LogP contribution in [0.5, 0.6) is 0 Å². The molecule has 5 nitrogen and oxygen atoms in total. The molecule has 96 valence electrons. The monoisotopic (exact) mass is 256 g/mol. The molecule has 0 saturated heterocycles. The van der Waals surface area contributed by atoms with Crippen molar-refractivity contribution in [3.63, 3.8) is 0 Å². The Morgan fingerprint density at radius 1 is 1.24 bits per heavy atom. The highest BCUT2D eigenvalue weighted by molar-refractivity contribution is 7.84. The summed E-state index contributed by atoms with van der Waals surface area (Å²) >= 11 is 0. The van der Waals surface area contributed by atoms with Crippen LogP contribution in [0.25, 0.3) is 0 Å². The van der Waals surface area contributed by atoms with Crippen molar-refractivity contribution in [3.8, 4) is 0 Å². The van der Waals surface area contributed by atoms with Gasteiger partial charge >= 0.3 is 0 Å². The Balaban J connectivity index is 2.55. The summed E-state index contributed by atoms with van der Waals surface area (Å²) < 4.78 is 11.3. The third kappa shape index (κ3) is 5.12. The van der Waals surface area contributed by atoms with E-state index in [1.807, 2.05) is 26.8 Å². The zero-order chi connectivity index (χ0) is 12.7. The number of rotatable bonds is 7. The van der Waals surface area contributed by atoms with Crippen LogP contribution in [0.2, 0.25) is 0 Å². The average molecular weight is 256 g/mol. The molecular formula is C11H20N4OS. The number of anilines is 2. The summed E-state index contributed by atoms with van der Waals surface area (Å²) in [5, 5.41) is 6.31. The maximum Gasteiger partial charge on any atom is 0.131 e. The van der Waals surface area contributed by atoms with E-state index in [0.717, 1.165) is 24.0 Å². The van der Waals surface area contributed by atoms with Gasteiger partial charge in [-0.05, 0) is 13.8 Å². The van der Waals surface area contributed by atoms with Crippen molar-refractivity contribution in [2.75, 3.05) is 35.2 Å². The summed E-state index contributed by atoms with van der Waals surface area (Å²) in [6.07, 6.45) is 0. The summed E-state index contributed by atoms with van der Waals surface area (Å²) in [5.74, 6) is 3.67. The number of aryl methyl sites for hydroxylation is 1. The van der Waals surface area contributed by atoms with Gasteiger partial charge in [-0.25, -0.2) is 9.97 Å². The van der Waals surface area contributed by atoms with E-state index in [2.05, 4.69) is 20.6 Å². The van der Waals surface area contributed by atoms with Crippen LogP contribution in [-0.4, -0.2) is 38.8 Å². The molecule has 1 aromatic rings. The third-order valence-electron chi connectivity index (χ3n) is 2.15. The third-order valence-corrected chi connectivity index (χ3v) is 3.46. The number of nitrogens with zero attached hydrogens (tertiary/aromatic N) is 2. The van der Waals surface area contributed by atoms with Crippen molar-refractivity contribution < 1.29 is 4.21 Å². The number of hydrogen-bond donors (Lipinski definition) is 2. The fraction of sp³-hybridized carbons (Fsp3) is 0.636. The Kier molecular flexibility index (Phi) is 5.90. The van der Waals surface area contributed by atoms with Gasteiger partial charge in [0.25, 0.3) is 0 Å². The van der Waals surface area contributed by atoms with Crippen LogP contribution in [0.4, 0.5) is 11.6 Å². The first-order valence-electron chi connectivity index (χ1n) is 5.84. The zero-order valence-electron chi connectivity index (χ0n) is 10.6. The standard InChI is InChI=1S/C11H20N4OS/c1-4-12-10-8-11(15-9(3)14-10)13-6-7-17(16)5-2/h8H,4-7H2,1-3H3,(H2,12,13,14,15). The fourth-order valence-corrected chi connectivity index (χ4v) is 1.99. The highest BCUT2D eigenvalue weighted by atomic mass is 32.2. The molecule has 1 atom stereocenters. The number of nitrogens with one attached hydrogen (secondary N) is 2. The van der Waals surface area contributed by atoms with Gasteiger partial charge in [0, 0.05) is 41.5 Å². The second-order valence-electron chi connectivity index (χ2n) is 3.58. The normalized spacial score (nSPS) is 12.2. The molecule has 0 fully saturated rings. The molecule has 0 amide bonds. The Morgan fingerprint density at radius 3 is 2.47 bits per heavy atom. The molecule has 0 radical (unpaired) electrons. The minimum absolute atomic E-state index is 0.649. The highest BCUT2D eigenvalue weighted by Gasteiger charge is 2.01. The molecule has 0 aromatic carbocycles. The van der Waals surface area contributed by atoms with Crippen molar-refractivity contribution in [1.82, 2.24) is 9.97 Å². The van der Waals surface area contributed by atoms with Crippen LogP contribution in [0.1, 0.15) is 19.7 Å². The van der Waals surface area contributed by atoms with Crippen molar-refractivity contribution >= 4 is 22.4 Å². The lowest BCUT2D eigenvalue weighted by Gasteiger charge is -2.08. The minimum Gasteiger partial charge on any atom is -0.370 e. The Bertz CT molecular complexity index is 384. The Labute approximate surface area is 105 Å². The molecule has 0 saturated carbocycles. The lowest BCUT2D eigenvalue weighted by atomic mass is 10.4. The molecule has 1 rings (SSSR count). The van der Waals surface area contributed by atoms with E-state index in [1.165, 1.54) is 0 Å². The SMILES string of the molecule is CCNc1cc(NCCS(=O)CC)nc(C)n1. The summed E-state index contributed by atoms with van der Waals surface area (Å²) in [4.78, 5) is 8.54. The van der Waals surface area contributed by atoms with Crippen molar-refractivity contribution in [2.45, 2.75) is 20.8 Å². The van der Waals surface area contributed by atoms with E-state index in [4.69, 9.17) is 0 Å². The molecule has 0 aliphatic heterocycles. The van der Waals surface area contributed by atoms with Gasteiger partial charge in [0.05, 0.1) is 0 Å². The van der Waals surface area contributed by atoms with E-state index >= 15 is 0 Å². The van der Waals surface area contributed by atoms with Crippen LogP contribution in [0.3, 0.4) is 0 Å². The quantitative estimate of drug-likeness (QED) is 0.772. The van der Waals surface area contributed by atoms with Gasteiger partial charge in [0.15, 0.2) is 0 Å². The largest absolute Gasteiger partial charge is 0.370 e. The summed E-state index contributed by atoms with van der Waals surface area (Å²) in [5.41, 5.74) is 0. The van der Waals surface area contributed by atoms with E-state index < -0.39 is 10.8 Å². The van der Waals surface area contributed by atoms with Crippen LogP contribution in [0, 0.1) is 6.92 Å². The first kappa shape index (κ1) is 13.9. The highest BCUT2D eigenvalue weighted by Crippen LogP contribution is 2.10. The molecule has 1 unspecified atom stereocenters. The van der Waals surface area contributed by atoms with Gasteiger partial charge in [-0.3, -0.25) is 4.21 Å². The lowest BCUT2D eigenvalue weighted by molar-refractivity contribution is 0.684. The second-order valence-corrected chi connectivity index (χ2v) is 5.44. The fourth-order valence-electron chi connectivity index (χ4n) is 1.37. The van der Waals surface area contributed by atoms with Crippen LogP contribution in [-0.2, 0) is 10.8 Å². The first-order chi connectivity index (χ1) is 8.15. The van der Waals surface area contributed by atoms with Crippen molar-refractivity contribution in [2.24, 2.45) is 0 Å². The van der Waals surface area contributed by atoms with Gasteiger partial charge in [-0.15, -0.1) is 0 Å². The average Bonchev–Trinajstić information content (AvgIpc) is 2.28. The lowest BCUT2D eigenvalue weighted by Crippen LogP contribution is -2.13. The molecule has 6 heteroatoms. The van der Waals surface area contributed by atoms with Crippen molar-refractivity contribution in [3.05, 3.63) is 11.9 Å². The van der Waals surface area contributed by atoms with E-state index in [9.17, 15) is 4.21 Å². The smallest absolute Gasteiger partial charge is 0.131 e. The van der Waals surface area contributed by atoms with Gasteiger partial charge in [-0.2, -0.15) is 0 Å². The molecular weight excluding hydrogens is 236 g/mol. The molecule has 0 bridgehead atoms. The number of aromatic nitrogens is 2. The summed E-state index contributed by atoms with van der Waals surface area (Å²) in [6, 6.07) is 1.87. The van der Waals surface area contributed by atoms with Gasteiger partial charge in [-0.1, -0.05) is 6.92 Å². The second kappa shape index (κ2) is 7.21. The van der Waals surface area contributed by atoms with Crippen LogP contribution in [0.15, 0.2) is 6.07 Å². The molecule has 0 spiro atoms. The molecule has 0 aliphatic carbocycles. The van der Waals surface area contributed by atoms with Gasteiger partial charge < -0.3 is 10.6 Å². The van der Waals surface area contributed by atoms with E-state index in [1.54, 1.807) is 0 Å². The Hall–Kier alpha value is -1.17. The topological polar surface area (TPSA) is 66.9 Å². The zero-order valence-corrected chi connectivity index (χ0v) is 11.4. The first-order valence-corrected chi connectivity index (χ1v) is 7.33. The van der Waals surface area contributed by atoms with Gasteiger partial charge in [0.1, 0.15) is 17.5 Å². The Morgan fingerprint density at radius 2 is 1.88 bits per heavy atom. The number of hydrogen-bond acceptors (Lipinski definition) is 5. The molecule has 0 aliphatic rings. The van der Waals surface area contributed by atoms with E-state index in [-0.39, 0.29) is 0 Å². The maximum absolute atomic E-state index is 11.3. The summed E-state index contributed by atoms with van der Waals surface area (Å²) in [7, 11) is -0.736. The predicted molar refractivity (Wildman–Crippen MR) is 73.0 cm³/mol. The van der Waals surface area contributed by atoms with Crippen LogP contribution < -0.4 is 10.6 Å². The predicted octanol–water partition coefficient (Wildman–Crippen LogP) is 1.40. The molecule has 1 aromatic heterocycles. The van der Waals surface area contributed by atoms with Crippen molar-refractivity contribution in [1.29, 1.82) is 0 Å². The molecule has 2 N–H and O–H groups in total. The molecule has 1 heterocycles. The summed E-state index contributed by atoms with van der Waals surface area (Å²) in [6.45, 7) is 7.30. The minimum atomic E-state index is -0.736. The maximum atomic E-state index is 11.3. The van der Waals surface area contributed by atoms with E-state index in [0.29, 0.717) is 18.1 Å². The molecule has 17 heavy (non-hydrogen) atoms.